The zero-order chi connectivity index (χ0) is 12.2. The number of thiophene rings is 1. The van der Waals surface area contributed by atoms with Gasteiger partial charge in [0, 0.05) is 6.04 Å². The molecule has 2 aromatic rings. The van der Waals surface area contributed by atoms with Crippen molar-refractivity contribution in [3.63, 3.8) is 0 Å². The largest absolute Gasteiger partial charge is 0.329 e. The first kappa shape index (κ1) is 10.5. The van der Waals surface area contributed by atoms with E-state index in [0.29, 0.717) is 20.7 Å². The van der Waals surface area contributed by atoms with Gasteiger partial charge in [-0.25, -0.2) is 4.79 Å². The summed E-state index contributed by atoms with van der Waals surface area (Å²) in [5.41, 5.74) is 0.0208. The fourth-order valence-corrected chi connectivity index (χ4v) is 3.03. The van der Waals surface area contributed by atoms with Gasteiger partial charge in [0.25, 0.3) is 5.56 Å². The van der Waals surface area contributed by atoms with Gasteiger partial charge in [0.2, 0.25) is 0 Å². The van der Waals surface area contributed by atoms with E-state index in [1.807, 2.05) is 0 Å². The number of carbonyl (C=O) groups excluding carboxylic acids is 1. The van der Waals surface area contributed by atoms with Gasteiger partial charge in [-0.15, -0.1) is 11.3 Å². The molecule has 88 valence electrons. The monoisotopic (exact) mass is 250 g/mol. The van der Waals surface area contributed by atoms with Gasteiger partial charge in [-0.1, -0.05) is 0 Å². The lowest BCUT2D eigenvalue weighted by molar-refractivity contribution is 0.112. The zero-order valence-electron chi connectivity index (χ0n) is 9.15. The van der Waals surface area contributed by atoms with Gasteiger partial charge in [-0.05, 0) is 25.3 Å². The highest BCUT2D eigenvalue weighted by Crippen LogP contribution is 2.33. The molecule has 0 aromatic carbocycles. The van der Waals surface area contributed by atoms with Crippen molar-refractivity contribution in [3.05, 3.63) is 31.3 Å². The Morgan fingerprint density at radius 2 is 2.12 bits per heavy atom. The van der Waals surface area contributed by atoms with E-state index in [-0.39, 0.29) is 17.3 Å². The number of aryl methyl sites for hydroxylation is 1. The molecule has 0 radical (unpaired) electrons. The molecule has 5 nitrogen and oxygen atoms in total. The maximum atomic E-state index is 12.2. The number of rotatable bonds is 2. The molecular formula is C11H10N2O3S. The Hall–Kier alpha value is -1.69. The Morgan fingerprint density at radius 1 is 1.41 bits per heavy atom. The summed E-state index contributed by atoms with van der Waals surface area (Å²) in [4.78, 5) is 38.5. The van der Waals surface area contributed by atoms with E-state index < -0.39 is 0 Å². The minimum absolute atomic E-state index is 0.0367. The molecule has 1 aliphatic rings. The first-order valence-electron chi connectivity index (χ1n) is 5.36. The molecule has 17 heavy (non-hydrogen) atoms. The van der Waals surface area contributed by atoms with Crippen molar-refractivity contribution < 1.29 is 4.79 Å². The van der Waals surface area contributed by atoms with Crippen LogP contribution in [-0.4, -0.2) is 15.8 Å². The third-order valence-corrected chi connectivity index (χ3v) is 4.21. The van der Waals surface area contributed by atoms with Crippen molar-refractivity contribution in [1.29, 1.82) is 0 Å². The third-order valence-electron chi connectivity index (χ3n) is 3.07. The van der Waals surface area contributed by atoms with Crippen LogP contribution in [0.1, 0.15) is 34.1 Å². The molecule has 0 atom stereocenters. The average Bonchev–Trinajstić information content (AvgIpc) is 3.04. The van der Waals surface area contributed by atoms with Crippen LogP contribution in [0, 0.1) is 6.92 Å². The lowest BCUT2D eigenvalue weighted by Crippen LogP contribution is -2.34. The molecule has 1 saturated carbocycles. The van der Waals surface area contributed by atoms with Crippen LogP contribution in [0.2, 0.25) is 0 Å². The van der Waals surface area contributed by atoms with Gasteiger partial charge < -0.3 is 0 Å². The predicted molar refractivity (Wildman–Crippen MR) is 65.1 cm³/mol. The highest BCUT2D eigenvalue weighted by atomic mass is 32.1. The van der Waals surface area contributed by atoms with Gasteiger partial charge >= 0.3 is 5.69 Å². The average molecular weight is 250 g/mol. The van der Waals surface area contributed by atoms with E-state index in [1.165, 1.54) is 4.57 Å². The van der Waals surface area contributed by atoms with Crippen molar-refractivity contribution in [2.75, 3.05) is 0 Å². The topological polar surface area (TPSA) is 71.9 Å². The SMILES string of the molecule is Cc1c(C=O)sc2[nH]c(=O)n(C3CC3)c(=O)c12. The van der Waals surface area contributed by atoms with Crippen molar-refractivity contribution in [1.82, 2.24) is 9.55 Å². The molecule has 1 fully saturated rings. The molecule has 3 rings (SSSR count). The van der Waals surface area contributed by atoms with Gasteiger partial charge in [0.15, 0.2) is 6.29 Å². The normalized spacial score (nSPS) is 15.4. The molecule has 6 heteroatoms. The van der Waals surface area contributed by atoms with Gasteiger partial charge in [0.05, 0.1) is 10.3 Å². The second-order valence-corrected chi connectivity index (χ2v) is 5.30. The Labute approximate surface area is 99.7 Å². The van der Waals surface area contributed by atoms with Crippen molar-refractivity contribution in [3.8, 4) is 0 Å². The molecule has 1 aliphatic carbocycles. The number of nitrogens with zero attached hydrogens (tertiary/aromatic N) is 1. The number of aldehydes is 1. The Morgan fingerprint density at radius 3 is 2.71 bits per heavy atom. The Bertz CT molecular complexity index is 733. The third kappa shape index (κ3) is 1.40. The summed E-state index contributed by atoms with van der Waals surface area (Å²) >= 11 is 1.16. The summed E-state index contributed by atoms with van der Waals surface area (Å²) in [6.07, 6.45) is 2.47. The molecule has 0 spiro atoms. The van der Waals surface area contributed by atoms with Crippen LogP contribution in [0.3, 0.4) is 0 Å². The number of carbonyl (C=O) groups is 1. The van der Waals surface area contributed by atoms with Crippen LogP contribution in [-0.2, 0) is 0 Å². The summed E-state index contributed by atoms with van der Waals surface area (Å²) in [5, 5.41) is 0.476. The number of fused-ring (bicyclic) bond motifs is 1. The van der Waals surface area contributed by atoms with Crippen LogP contribution in [0.25, 0.3) is 10.2 Å². The van der Waals surface area contributed by atoms with Crippen molar-refractivity contribution >= 4 is 27.8 Å². The maximum Gasteiger partial charge on any atom is 0.329 e. The van der Waals surface area contributed by atoms with E-state index >= 15 is 0 Å². The van der Waals surface area contributed by atoms with E-state index in [2.05, 4.69) is 4.98 Å². The van der Waals surface area contributed by atoms with Crippen LogP contribution >= 0.6 is 11.3 Å². The predicted octanol–water partition coefficient (Wildman–Crippen LogP) is 1.21. The smallest absolute Gasteiger partial charge is 0.298 e. The van der Waals surface area contributed by atoms with Gasteiger partial charge in [-0.2, -0.15) is 0 Å². The summed E-state index contributed by atoms with van der Waals surface area (Å²) in [6, 6.07) is 0.0367. The molecule has 2 heterocycles. The van der Waals surface area contributed by atoms with Gasteiger partial charge in [-0.3, -0.25) is 19.1 Å². The van der Waals surface area contributed by atoms with Crippen LogP contribution in [0.15, 0.2) is 9.59 Å². The first-order chi connectivity index (χ1) is 8.13. The minimum atomic E-state index is -0.372. The Balaban J connectivity index is 2.47. The van der Waals surface area contributed by atoms with Gasteiger partial charge in [0.1, 0.15) is 4.83 Å². The lowest BCUT2D eigenvalue weighted by atomic mass is 10.2. The van der Waals surface area contributed by atoms with E-state index in [9.17, 15) is 14.4 Å². The summed E-state index contributed by atoms with van der Waals surface area (Å²) < 4.78 is 1.27. The maximum absolute atomic E-state index is 12.2. The first-order valence-corrected chi connectivity index (χ1v) is 6.18. The number of aromatic nitrogens is 2. The van der Waals surface area contributed by atoms with Crippen molar-refractivity contribution in [2.24, 2.45) is 0 Å². The summed E-state index contributed by atoms with van der Waals surface area (Å²) in [6.45, 7) is 1.74. The number of aromatic amines is 1. The molecule has 0 bridgehead atoms. The van der Waals surface area contributed by atoms with Crippen molar-refractivity contribution in [2.45, 2.75) is 25.8 Å². The second-order valence-electron chi connectivity index (χ2n) is 4.25. The highest BCUT2D eigenvalue weighted by Gasteiger charge is 2.28. The number of hydrogen-bond acceptors (Lipinski definition) is 4. The Kier molecular flexibility index (Phi) is 2.09. The molecular weight excluding hydrogens is 240 g/mol. The molecule has 2 aromatic heterocycles. The summed E-state index contributed by atoms with van der Waals surface area (Å²) in [5.74, 6) is 0. The van der Waals surface area contributed by atoms with E-state index in [0.717, 1.165) is 30.5 Å². The fourth-order valence-electron chi connectivity index (χ4n) is 2.02. The molecule has 0 aliphatic heterocycles. The number of hydrogen-bond donors (Lipinski definition) is 1. The molecule has 1 N–H and O–H groups in total. The van der Waals surface area contributed by atoms with Crippen LogP contribution in [0.4, 0.5) is 0 Å². The molecule has 0 unspecified atom stereocenters. The minimum Gasteiger partial charge on any atom is -0.298 e. The van der Waals surface area contributed by atoms with E-state index in [4.69, 9.17) is 0 Å². The van der Waals surface area contributed by atoms with Crippen LogP contribution in [0.5, 0.6) is 0 Å². The highest BCUT2D eigenvalue weighted by molar-refractivity contribution is 7.20. The standard InChI is InChI=1S/C11H10N2O3S/c1-5-7(4-14)17-9-8(5)10(15)13(6-2-3-6)11(16)12-9/h4,6H,2-3H2,1H3,(H,12,16). The fraction of sp³-hybridized carbons (Fsp3) is 0.364. The lowest BCUT2D eigenvalue weighted by Gasteiger charge is -2.01. The number of H-pyrrole nitrogens is 1. The second kappa shape index (κ2) is 3.40. The quantitative estimate of drug-likeness (QED) is 0.814. The van der Waals surface area contributed by atoms with Crippen LogP contribution < -0.4 is 11.2 Å². The zero-order valence-corrected chi connectivity index (χ0v) is 9.97. The van der Waals surface area contributed by atoms with E-state index in [1.54, 1.807) is 6.92 Å². The molecule has 0 saturated heterocycles. The molecule has 0 amide bonds. The summed E-state index contributed by atoms with van der Waals surface area (Å²) in [7, 11) is 0. The number of nitrogens with one attached hydrogen (secondary N) is 1.